The lowest BCUT2D eigenvalue weighted by Crippen LogP contribution is -2.08. The summed E-state index contributed by atoms with van der Waals surface area (Å²) in [6.45, 7) is 1.61. The molecule has 3 aromatic heterocycles. The Balaban J connectivity index is 1.76. The Morgan fingerprint density at radius 1 is 1.33 bits per heavy atom. The summed E-state index contributed by atoms with van der Waals surface area (Å²) in [7, 11) is 0. The minimum atomic E-state index is 0.694. The number of imidazole rings is 1. The summed E-state index contributed by atoms with van der Waals surface area (Å²) in [6.07, 6.45) is 7.31. The molecule has 0 aliphatic heterocycles. The molecule has 2 N–H and O–H groups in total. The Bertz CT molecular complexity index is 622. The summed E-state index contributed by atoms with van der Waals surface area (Å²) in [4.78, 5) is 5.58. The maximum absolute atomic E-state index is 5.63. The van der Waals surface area contributed by atoms with E-state index in [-0.39, 0.29) is 0 Å². The van der Waals surface area contributed by atoms with E-state index in [2.05, 4.69) is 26.1 Å². The van der Waals surface area contributed by atoms with Crippen molar-refractivity contribution in [1.29, 1.82) is 0 Å². The van der Waals surface area contributed by atoms with Gasteiger partial charge in [0.25, 0.3) is 0 Å². The molecule has 0 atom stereocenters. The van der Waals surface area contributed by atoms with Crippen LogP contribution < -0.4 is 5.73 Å². The first-order valence-electron chi connectivity index (χ1n) is 5.66. The number of nitrogens with zero attached hydrogens (tertiary/aromatic N) is 4. The van der Waals surface area contributed by atoms with E-state index in [0.29, 0.717) is 5.69 Å². The number of aromatic nitrogens is 4. The van der Waals surface area contributed by atoms with E-state index in [1.54, 1.807) is 17.5 Å². The van der Waals surface area contributed by atoms with E-state index < -0.39 is 0 Å². The molecule has 3 rings (SSSR count). The standard InChI is InChI=1S/C12H13N5S/c13-10-8-15-17(9-10)6-5-16-4-3-14-12(16)11-2-1-7-18-11/h1-4,7-9H,5-6,13H2. The maximum Gasteiger partial charge on any atom is 0.150 e. The van der Waals surface area contributed by atoms with Gasteiger partial charge in [-0.1, -0.05) is 6.07 Å². The summed E-state index contributed by atoms with van der Waals surface area (Å²) in [6, 6.07) is 4.11. The first-order chi connectivity index (χ1) is 8.83. The summed E-state index contributed by atoms with van der Waals surface area (Å²) in [5.74, 6) is 1.00. The Morgan fingerprint density at radius 2 is 2.28 bits per heavy atom. The number of hydrogen-bond donors (Lipinski definition) is 1. The maximum atomic E-state index is 5.63. The third-order valence-electron chi connectivity index (χ3n) is 2.68. The average Bonchev–Trinajstić information content (AvgIpc) is 3.07. The van der Waals surface area contributed by atoms with Crippen LogP contribution in [-0.2, 0) is 13.1 Å². The number of rotatable bonds is 4. The average molecular weight is 259 g/mol. The molecule has 0 unspecified atom stereocenters. The van der Waals surface area contributed by atoms with Crippen molar-refractivity contribution in [3.8, 4) is 10.7 Å². The molecule has 0 aliphatic rings. The second kappa shape index (κ2) is 4.66. The van der Waals surface area contributed by atoms with Crippen molar-refractivity contribution in [2.24, 2.45) is 0 Å². The highest BCUT2D eigenvalue weighted by Crippen LogP contribution is 2.22. The molecular weight excluding hydrogens is 246 g/mol. The Morgan fingerprint density at radius 3 is 3.00 bits per heavy atom. The Kier molecular flexibility index (Phi) is 2.85. The largest absolute Gasteiger partial charge is 0.396 e. The second-order valence-electron chi connectivity index (χ2n) is 3.96. The summed E-state index contributed by atoms with van der Waals surface area (Å²) in [5.41, 5.74) is 6.33. The van der Waals surface area contributed by atoms with Gasteiger partial charge in [0.05, 0.1) is 23.3 Å². The fourth-order valence-corrected chi connectivity index (χ4v) is 2.57. The van der Waals surface area contributed by atoms with Gasteiger partial charge in [0.2, 0.25) is 0 Å². The fraction of sp³-hybridized carbons (Fsp3) is 0.167. The monoisotopic (exact) mass is 259 g/mol. The molecular formula is C12H13N5S. The number of thiophene rings is 1. The van der Waals surface area contributed by atoms with E-state index in [1.807, 2.05) is 29.3 Å². The topological polar surface area (TPSA) is 61.7 Å². The number of hydrogen-bond acceptors (Lipinski definition) is 4. The van der Waals surface area contributed by atoms with E-state index in [0.717, 1.165) is 18.9 Å². The third-order valence-corrected chi connectivity index (χ3v) is 3.55. The molecule has 3 aromatic rings. The quantitative estimate of drug-likeness (QED) is 0.780. The first kappa shape index (κ1) is 11.0. The summed E-state index contributed by atoms with van der Waals surface area (Å²) in [5, 5.41) is 6.23. The zero-order chi connectivity index (χ0) is 12.4. The van der Waals surface area contributed by atoms with Crippen molar-refractivity contribution in [3.63, 3.8) is 0 Å². The van der Waals surface area contributed by atoms with Crippen LogP contribution in [0.4, 0.5) is 5.69 Å². The van der Waals surface area contributed by atoms with Gasteiger partial charge in [-0.05, 0) is 11.4 Å². The highest BCUT2D eigenvalue weighted by Gasteiger charge is 2.06. The molecule has 6 heteroatoms. The summed E-state index contributed by atoms with van der Waals surface area (Å²) < 4.78 is 3.97. The van der Waals surface area contributed by atoms with Gasteiger partial charge in [0.1, 0.15) is 5.82 Å². The van der Waals surface area contributed by atoms with Crippen molar-refractivity contribution in [2.45, 2.75) is 13.1 Å². The highest BCUT2D eigenvalue weighted by molar-refractivity contribution is 7.13. The van der Waals surface area contributed by atoms with Crippen molar-refractivity contribution >= 4 is 17.0 Å². The lowest BCUT2D eigenvalue weighted by atomic mass is 10.4. The van der Waals surface area contributed by atoms with Crippen LogP contribution in [0, 0.1) is 0 Å². The van der Waals surface area contributed by atoms with Crippen molar-refractivity contribution in [3.05, 3.63) is 42.3 Å². The fourth-order valence-electron chi connectivity index (χ4n) is 1.83. The SMILES string of the molecule is Nc1cnn(CCn2ccnc2-c2cccs2)c1. The van der Waals surface area contributed by atoms with Crippen LogP contribution in [0.15, 0.2) is 42.3 Å². The van der Waals surface area contributed by atoms with Gasteiger partial charge in [-0.25, -0.2) is 4.98 Å². The molecule has 92 valence electrons. The molecule has 0 spiro atoms. The normalized spacial score (nSPS) is 10.9. The van der Waals surface area contributed by atoms with Crippen molar-refractivity contribution < 1.29 is 0 Å². The van der Waals surface area contributed by atoms with Gasteiger partial charge < -0.3 is 10.3 Å². The molecule has 0 bridgehead atoms. The number of aryl methyl sites for hydroxylation is 2. The van der Waals surface area contributed by atoms with E-state index in [4.69, 9.17) is 5.73 Å². The van der Waals surface area contributed by atoms with Gasteiger partial charge in [0, 0.05) is 25.1 Å². The van der Waals surface area contributed by atoms with Crippen LogP contribution in [0.5, 0.6) is 0 Å². The molecule has 0 fully saturated rings. The smallest absolute Gasteiger partial charge is 0.150 e. The van der Waals surface area contributed by atoms with Crippen LogP contribution in [0.1, 0.15) is 0 Å². The lowest BCUT2D eigenvalue weighted by Gasteiger charge is -2.06. The van der Waals surface area contributed by atoms with Gasteiger partial charge in [-0.15, -0.1) is 11.3 Å². The third kappa shape index (κ3) is 2.14. The van der Waals surface area contributed by atoms with E-state index >= 15 is 0 Å². The molecule has 0 saturated heterocycles. The predicted molar refractivity (Wildman–Crippen MR) is 72.2 cm³/mol. The van der Waals surface area contributed by atoms with Gasteiger partial charge in [0.15, 0.2) is 0 Å². The zero-order valence-electron chi connectivity index (χ0n) is 9.73. The van der Waals surface area contributed by atoms with Crippen LogP contribution in [-0.4, -0.2) is 19.3 Å². The number of nitrogen functional groups attached to an aromatic ring is 1. The van der Waals surface area contributed by atoms with Crippen LogP contribution in [0.25, 0.3) is 10.7 Å². The Labute approximate surface area is 109 Å². The first-order valence-corrected chi connectivity index (χ1v) is 6.54. The predicted octanol–water partition coefficient (Wildman–Crippen LogP) is 2.09. The highest BCUT2D eigenvalue weighted by atomic mass is 32.1. The van der Waals surface area contributed by atoms with Crippen LogP contribution in [0.2, 0.25) is 0 Å². The van der Waals surface area contributed by atoms with Crippen molar-refractivity contribution in [2.75, 3.05) is 5.73 Å². The zero-order valence-corrected chi connectivity index (χ0v) is 10.5. The van der Waals surface area contributed by atoms with Crippen molar-refractivity contribution in [1.82, 2.24) is 19.3 Å². The lowest BCUT2D eigenvalue weighted by molar-refractivity contribution is 0.536. The summed E-state index contributed by atoms with van der Waals surface area (Å²) >= 11 is 1.69. The molecule has 0 aromatic carbocycles. The Hall–Kier alpha value is -2.08. The van der Waals surface area contributed by atoms with Crippen LogP contribution >= 0.6 is 11.3 Å². The minimum Gasteiger partial charge on any atom is -0.396 e. The second-order valence-corrected chi connectivity index (χ2v) is 4.91. The molecule has 0 radical (unpaired) electrons. The molecule has 0 saturated carbocycles. The minimum absolute atomic E-state index is 0.694. The molecule has 5 nitrogen and oxygen atoms in total. The molecule has 18 heavy (non-hydrogen) atoms. The number of nitrogens with two attached hydrogens (primary N) is 1. The van der Waals surface area contributed by atoms with Gasteiger partial charge in [-0.2, -0.15) is 5.10 Å². The van der Waals surface area contributed by atoms with Gasteiger partial charge in [-0.3, -0.25) is 4.68 Å². The molecule has 0 amide bonds. The molecule has 3 heterocycles. The van der Waals surface area contributed by atoms with E-state index in [1.165, 1.54) is 4.88 Å². The molecule has 0 aliphatic carbocycles. The number of anilines is 1. The van der Waals surface area contributed by atoms with E-state index in [9.17, 15) is 0 Å². The van der Waals surface area contributed by atoms with Gasteiger partial charge >= 0.3 is 0 Å². The van der Waals surface area contributed by atoms with Crippen LogP contribution in [0.3, 0.4) is 0 Å².